The van der Waals surface area contributed by atoms with Gasteiger partial charge in [-0.1, -0.05) is 0 Å². The van der Waals surface area contributed by atoms with Gasteiger partial charge in [0.2, 0.25) is 5.95 Å². The molecule has 0 aliphatic heterocycles. The molecule has 7 nitrogen and oxygen atoms in total. The molecule has 0 bridgehead atoms. The van der Waals surface area contributed by atoms with E-state index in [0.29, 0.717) is 18.0 Å². The molecular weight excluding hydrogens is 242 g/mol. The van der Waals surface area contributed by atoms with Gasteiger partial charge < -0.3 is 10.2 Å². The van der Waals surface area contributed by atoms with E-state index < -0.39 is 0 Å². The Morgan fingerprint density at radius 1 is 1.53 bits per heavy atom. The van der Waals surface area contributed by atoms with Gasteiger partial charge in [-0.25, -0.2) is 0 Å². The summed E-state index contributed by atoms with van der Waals surface area (Å²) in [6.45, 7) is 4.73. The van der Waals surface area contributed by atoms with Crippen LogP contribution in [0.5, 0.6) is 0 Å². The van der Waals surface area contributed by atoms with Crippen LogP contribution in [-0.4, -0.2) is 39.8 Å². The second-order valence-electron chi connectivity index (χ2n) is 4.36. The summed E-state index contributed by atoms with van der Waals surface area (Å²) in [5.74, 6) is 1.34. The number of aromatic nitrogens is 4. The summed E-state index contributed by atoms with van der Waals surface area (Å²) < 4.78 is 0. The SMILES string of the molecule is CCNc1nc(N(C)C(C)CC#N)c2cn[nH]c2n1. The van der Waals surface area contributed by atoms with E-state index >= 15 is 0 Å². The number of nitriles is 1. The third-order valence-corrected chi connectivity index (χ3v) is 3.01. The molecule has 2 heterocycles. The van der Waals surface area contributed by atoms with Crippen molar-refractivity contribution in [1.82, 2.24) is 20.2 Å². The summed E-state index contributed by atoms with van der Waals surface area (Å²) in [6.07, 6.45) is 2.15. The summed E-state index contributed by atoms with van der Waals surface area (Å²) in [6, 6.07) is 2.25. The van der Waals surface area contributed by atoms with E-state index in [0.717, 1.165) is 17.7 Å². The molecule has 1 atom stereocenters. The second kappa shape index (κ2) is 5.52. The zero-order chi connectivity index (χ0) is 13.8. The lowest BCUT2D eigenvalue weighted by molar-refractivity contribution is 0.696. The maximum atomic E-state index is 8.80. The number of hydrogen-bond donors (Lipinski definition) is 2. The lowest BCUT2D eigenvalue weighted by Gasteiger charge is -2.24. The summed E-state index contributed by atoms with van der Waals surface area (Å²) >= 11 is 0. The molecule has 0 amide bonds. The third kappa shape index (κ3) is 2.57. The quantitative estimate of drug-likeness (QED) is 0.845. The number of nitrogens with zero attached hydrogens (tertiary/aromatic N) is 5. The topological polar surface area (TPSA) is 93.5 Å². The largest absolute Gasteiger partial charge is 0.355 e. The Labute approximate surface area is 111 Å². The van der Waals surface area contributed by atoms with E-state index in [4.69, 9.17) is 5.26 Å². The monoisotopic (exact) mass is 259 g/mol. The van der Waals surface area contributed by atoms with Crippen molar-refractivity contribution in [3.05, 3.63) is 6.20 Å². The first-order valence-electron chi connectivity index (χ1n) is 6.22. The Hall–Kier alpha value is -2.36. The van der Waals surface area contributed by atoms with Gasteiger partial charge in [0.05, 0.1) is 24.1 Å². The van der Waals surface area contributed by atoms with Crippen LogP contribution in [0.1, 0.15) is 20.3 Å². The molecule has 2 aromatic rings. The minimum atomic E-state index is 0.0764. The van der Waals surface area contributed by atoms with E-state index in [-0.39, 0.29) is 6.04 Å². The van der Waals surface area contributed by atoms with Gasteiger partial charge in [-0.3, -0.25) is 5.10 Å². The number of anilines is 2. The van der Waals surface area contributed by atoms with Crippen molar-refractivity contribution in [2.45, 2.75) is 26.3 Å². The van der Waals surface area contributed by atoms with Crippen molar-refractivity contribution in [2.24, 2.45) is 0 Å². The van der Waals surface area contributed by atoms with Crippen molar-refractivity contribution < 1.29 is 0 Å². The normalized spacial score (nSPS) is 12.1. The van der Waals surface area contributed by atoms with Crippen molar-refractivity contribution in [3.63, 3.8) is 0 Å². The van der Waals surface area contributed by atoms with Crippen molar-refractivity contribution in [2.75, 3.05) is 23.8 Å². The van der Waals surface area contributed by atoms with Crippen LogP contribution in [0.2, 0.25) is 0 Å². The van der Waals surface area contributed by atoms with Crippen LogP contribution in [-0.2, 0) is 0 Å². The fraction of sp³-hybridized carbons (Fsp3) is 0.500. The molecule has 0 aromatic carbocycles. The molecule has 2 aromatic heterocycles. The van der Waals surface area contributed by atoms with Crippen LogP contribution >= 0.6 is 0 Å². The Morgan fingerprint density at radius 3 is 3.00 bits per heavy atom. The highest BCUT2D eigenvalue weighted by Gasteiger charge is 2.17. The number of hydrogen-bond acceptors (Lipinski definition) is 6. The van der Waals surface area contributed by atoms with E-state index in [1.807, 2.05) is 25.8 Å². The molecule has 0 spiro atoms. The van der Waals surface area contributed by atoms with Crippen LogP contribution in [0.15, 0.2) is 6.20 Å². The highest BCUT2D eigenvalue weighted by molar-refractivity contribution is 5.87. The fourth-order valence-electron chi connectivity index (χ4n) is 1.80. The van der Waals surface area contributed by atoms with Gasteiger partial charge in [-0.2, -0.15) is 20.3 Å². The molecule has 0 aliphatic carbocycles. The minimum absolute atomic E-state index is 0.0764. The first-order chi connectivity index (χ1) is 9.17. The average molecular weight is 259 g/mol. The van der Waals surface area contributed by atoms with Gasteiger partial charge in [0, 0.05) is 19.6 Å². The highest BCUT2D eigenvalue weighted by atomic mass is 15.3. The molecule has 1 unspecified atom stereocenters. The number of fused-ring (bicyclic) bond motifs is 1. The molecule has 0 saturated carbocycles. The van der Waals surface area contributed by atoms with Crippen LogP contribution < -0.4 is 10.2 Å². The van der Waals surface area contributed by atoms with E-state index in [1.54, 1.807) is 6.20 Å². The van der Waals surface area contributed by atoms with Gasteiger partial charge in [-0.15, -0.1) is 0 Å². The number of H-pyrrole nitrogens is 1. The third-order valence-electron chi connectivity index (χ3n) is 3.01. The predicted octanol–water partition coefficient (Wildman–Crippen LogP) is 1.52. The smallest absolute Gasteiger partial charge is 0.226 e. The number of nitrogens with one attached hydrogen (secondary N) is 2. The fourth-order valence-corrected chi connectivity index (χ4v) is 1.80. The first-order valence-corrected chi connectivity index (χ1v) is 6.22. The van der Waals surface area contributed by atoms with Crippen LogP contribution in [0.3, 0.4) is 0 Å². The lowest BCUT2D eigenvalue weighted by Crippen LogP contribution is -2.29. The Balaban J connectivity index is 2.45. The van der Waals surface area contributed by atoms with E-state index in [2.05, 4.69) is 31.6 Å². The molecule has 0 fully saturated rings. The van der Waals surface area contributed by atoms with E-state index in [9.17, 15) is 0 Å². The summed E-state index contributed by atoms with van der Waals surface area (Å²) in [5.41, 5.74) is 0.692. The van der Waals surface area contributed by atoms with Crippen LogP contribution in [0.25, 0.3) is 11.0 Å². The van der Waals surface area contributed by atoms with Gasteiger partial charge >= 0.3 is 0 Å². The molecule has 0 aliphatic rings. The van der Waals surface area contributed by atoms with Gasteiger partial charge in [-0.05, 0) is 13.8 Å². The van der Waals surface area contributed by atoms with Gasteiger partial charge in [0.15, 0.2) is 5.65 Å². The summed E-state index contributed by atoms with van der Waals surface area (Å²) in [4.78, 5) is 10.8. The highest BCUT2D eigenvalue weighted by Crippen LogP contribution is 2.24. The maximum absolute atomic E-state index is 8.80. The average Bonchev–Trinajstić information content (AvgIpc) is 2.85. The Kier molecular flexibility index (Phi) is 3.80. The lowest BCUT2D eigenvalue weighted by atomic mass is 10.2. The molecular formula is C12H17N7. The van der Waals surface area contributed by atoms with Crippen molar-refractivity contribution in [3.8, 4) is 6.07 Å². The first kappa shape index (κ1) is 13.1. The molecule has 0 saturated heterocycles. The molecule has 2 rings (SSSR count). The van der Waals surface area contributed by atoms with Crippen molar-refractivity contribution >= 4 is 22.8 Å². The number of rotatable bonds is 5. The summed E-state index contributed by atoms with van der Waals surface area (Å²) in [5, 5.41) is 19.6. The van der Waals surface area contributed by atoms with Gasteiger partial charge in [0.25, 0.3) is 0 Å². The Morgan fingerprint density at radius 2 is 2.32 bits per heavy atom. The van der Waals surface area contributed by atoms with Crippen LogP contribution in [0.4, 0.5) is 11.8 Å². The standard InChI is InChI=1S/C12H17N7/c1-4-14-12-16-10-9(7-15-18-10)11(17-12)19(3)8(2)5-6-13/h7-8H,4-5H2,1-3H3,(H2,14,15,16,17,18). The molecule has 7 heteroatoms. The maximum Gasteiger partial charge on any atom is 0.226 e. The zero-order valence-corrected chi connectivity index (χ0v) is 11.3. The minimum Gasteiger partial charge on any atom is -0.355 e. The van der Waals surface area contributed by atoms with Crippen LogP contribution in [0, 0.1) is 11.3 Å². The molecule has 0 radical (unpaired) electrons. The molecule has 2 N–H and O–H groups in total. The van der Waals surface area contributed by atoms with E-state index in [1.165, 1.54) is 0 Å². The predicted molar refractivity (Wildman–Crippen MR) is 73.9 cm³/mol. The zero-order valence-electron chi connectivity index (χ0n) is 11.3. The number of aromatic amines is 1. The Bertz CT molecular complexity index is 598. The van der Waals surface area contributed by atoms with Gasteiger partial charge in [0.1, 0.15) is 5.82 Å². The molecule has 100 valence electrons. The second-order valence-corrected chi connectivity index (χ2v) is 4.36. The molecule has 19 heavy (non-hydrogen) atoms. The van der Waals surface area contributed by atoms with Crippen molar-refractivity contribution in [1.29, 1.82) is 5.26 Å². The summed E-state index contributed by atoms with van der Waals surface area (Å²) in [7, 11) is 1.92.